The van der Waals surface area contributed by atoms with Gasteiger partial charge in [0.15, 0.2) is 0 Å². The van der Waals surface area contributed by atoms with Crippen molar-refractivity contribution in [2.75, 3.05) is 13.1 Å². The molecular formula is C12H21N3S. The summed E-state index contributed by atoms with van der Waals surface area (Å²) < 4.78 is 0. The fourth-order valence-corrected chi connectivity index (χ4v) is 3.01. The van der Waals surface area contributed by atoms with Crippen LogP contribution >= 0.6 is 11.3 Å². The highest BCUT2D eigenvalue weighted by atomic mass is 32.1. The Morgan fingerprint density at radius 1 is 1.62 bits per heavy atom. The normalized spacial score (nSPS) is 29.2. The third-order valence-electron chi connectivity index (χ3n) is 3.62. The van der Waals surface area contributed by atoms with Crippen molar-refractivity contribution < 1.29 is 0 Å². The topological polar surface area (TPSA) is 42.2 Å². The molecule has 90 valence electrons. The molecule has 1 aliphatic rings. The number of rotatable bonds is 2. The summed E-state index contributed by atoms with van der Waals surface area (Å²) in [5.41, 5.74) is 7.26. The van der Waals surface area contributed by atoms with E-state index in [1.165, 1.54) is 5.69 Å². The molecule has 3 atom stereocenters. The lowest BCUT2D eigenvalue weighted by Gasteiger charge is -2.38. The summed E-state index contributed by atoms with van der Waals surface area (Å²) in [6.45, 7) is 8.76. The molecule has 16 heavy (non-hydrogen) atoms. The van der Waals surface area contributed by atoms with E-state index in [0.29, 0.717) is 18.0 Å². The lowest BCUT2D eigenvalue weighted by molar-refractivity contribution is 0.122. The van der Waals surface area contributed by atoms with Gasteiger partial charge in [0, 0.05) is 24.5 Å². The molecule has 4 heteroatoms. The van der Waals surface area contributed by atoms with Gasteiger partial charge in [0.05, 0.1) is 16.7 Å². The van der Waals surface area contributed by atoms with Crippen LogP contribution in [0.15, 0.2) is 5.38 Å². The van der Waals surface area contributed by atoms with Gasteiger partial charge in [0.1, 0.15) is 0 Å². The number of hydrogen-bond donors (Lipinski definition) is 1. The summed E-state index contributed by atoms with van der Waals surface area (Å²) in [6, 6.07) is 0.806. The Morgan fingerprint density at radius 2 is 2.38 bits per heavy atom. The molecule has 0 aliphatic carbocycles. The minimum Gasteiger partial charge on any atom is -0.327 e. The second-order valence-electron chi connectivity index (χ2n) is 4.89. The summed E-state index contributed by atoms with van der Waals surface area (Å²) in [4.78, 5) is 7.08. The van der Waals surface area contributed by atoms with Gasteiger partial charge < -0.3 is 5.73 Å². The predicted octanol–water partition coefficient (Wildman–Crippen LogP) is 2.18. The van der Waals surface area contributed by atoms with E-state index in [1.54, 1.807) is 11.3 Å². The summed E-state index contributed by atoms with van der Waals surface area (Å²) in [5, 5.41) is 3.34. The zero-order chi connectivity index (χ0) is 11.7. The number of nitrogens with zero attached hydrogens (tertiary/aromatic N) is 2. The van der Waals surface area contributed by atoms with Crippen LogP contribution in [0.2, 0.25) is 0 Å². The molecule has 0 radical (unpaired) electrons. The van der Waals surface area contributed by atoms with Crippen molar-refractivity contribution in [1.82, 2.24) is 9.88 Å². The SMILES string of the molecule is Cc1nc(C(C)N2CCC(N)C(C)C2)cs1. The molecule has 2 rings (SSSR count). The summed E-state index contributed by atoms with van der Waals surface area (Å²) in [6.07, 6.45) is 1.11. The van der Waals surface area contributed by atoms with E-state index in [1.807, 2.05) is 0 Å². The van der Waals surface area contributed by atoms with Crippen LogP contribution in [0.4, 0.5) is 0 Å². The number of aromatic nitrogens is 1. The lowest BCUT2D eigenvalue weighted by atomic mass is 9.93. The maximum Gasteiger partial charge on any atom is 0.0898 e. The van der Waals surface area contributed by atoms with E-state index in [0.717, 1.165) is 24.5 Å². The fourth-order valence-electron chi connectivity index (χ4n) is 2.31. The van der Waals surface area contributed by atoms with E-state index in [-0.39, 0.29) is 0 Å². The van der Waals surface area contributed by atoms with Crippen molar-refractivity contribution in [2.45, 2.75) is 39.3 Å². The molecule has 0 spiro atoms. The van der Waals surface area contributed by atoms with Crippen molar-refractivity contribution in [3.8, 4) is 0 Å². The molecular weight excluding hydrogens is 218 g/mol. The van der Waals surface area contributed by atoms with Crippen molar-refractivity contribution in [3.05, 3.63) is 16.1 Å². The van der Waals surface area contributed by atoms with Crippen LogP contribution in [0.25, 0.3) is 0 Å². The first-order valence-electron chi connectivity index (χ1n) is 5.99. The quantitative estimate of drug-likeness (QED) is 0.860. The smallest absolute Gasteiger partial charge is 0.0898 e. The fraction of sp³-hybridized carbons (Fsp3) is 0.750. The first-order chi connectivity index (χ1) is 7.58. The Hall–Kier alpha value is -0.450. The third kappa shape index (κ3) is 2.44. The highest BCUT2D eigenvalue weighted by molar-refractivity contribution is 7.09. The van der Waals surface area contributed by atoms with Crippen molar-refractivity contribution >= 4 is 11.3 Å². The molecule has 1 saturated heterocycles. The van der Waals surface area contributed by atoms with Gasteiger partial charge in [-0.05, 0) is 26.2 Å². The van der Waals surface area contributed by atoms with Gasteiger partial charge in [-0.25, -0.2) is 4.98 Å². The van der Waals surface area contributed by atoms with Crippen LogP contribution in [0.3, 0.4) is 0 Å². The number of likely N-dealkylation sites (tertiary alicyclic amines) is 1. The average molecular weight is 239 g/mol. The molecule has 1 aromatic rings. The van der Waals surface area contributed by atoms with Crippen molar-refractivity contribution in [3.63, 3.8) is 0 Å². The number of piperidine rings is 1. The minimum absolute atomic E-state index is 0.376. The number of thiazole rings is 1. The average Bonchev–Trinajstić information content (AvgIpc) is 2.68. The van der Waals surface area contributed by atoms with Crippen LogP contribution < -0.4 is 5.73 Å². The Balaban J connectivity index is 2.02. The molecule has 1 fully saturated rings. The van der Waals surface area contributed by atoms with Crippen LogP contribution in [0.5, 0.6) is 0 Å². The zero-order valence-corrected chi connectivity index (χ0v) is 11.1. The zero-order valence-electron chi connectivity index (χ0n) is 10.3. The Bertz CT molecular complexity index is 350. The first-order valence-corrected chi connectivity index (χ1v) is 6.87. The van der Waals surface area contributed by atoms with Gasteiger partial charge in [-0.3, -0.25) is 4.90 Å². The Morgan fingerprint density at radius 3 is 2.94 bits per heavy atom. The number of nitrogens with two attached hydrogens (primary N) is 1. The van der Waals surface area contributed by atoms with Gasteiger partial charge in [-0.2, -0.15) is 0 Å². The van der Waals surface area contributed by atoms with Crippen LogP contribution in [0, 0.1) is 12.8 Å². The molecule has 0 bridgehead atoms. The van der Waals surface area contributed by atoms with Gasteiger partial charge in [-0.15, -0.1) is 11.3 Å². The maximum absolute atomic E-state index is 6.04. The lowest BCUT2D eigenvalue weighted by Crippen LogP contribution is -2.46. The van der Waals surface area contributed by atoms with E-state index >= 15 is 0 Å². The van der Waals surface area contributed by atoms with Crippen molar-refractivity contribution in [2.24, 2.45) is 11.7 Å². The van der Waals surface area contributed by atoms with E-state index in [4.69, 9.17) is 5.73 Å². The molecule has 1 aliphatic heterocycles. The second-order valence-corrected chi connectivity index (χ2v) is 5.95. The van der Waals surface area contributed by atoms with Gasteiger partial charge in [0.25, 0.3) is 0 Å². The molecule has 3 nitrogen and oxygen atoms in total. The highest BCUT2D eigenvalue weighted by Gasteiger charge is 2.27. The van der Waals surface area contributed by atoms with Crippen molar-refractivity contribution in [1.29, 1.82) is 0 Å². The standard InChI is InChI=1S/C12H21N3S/c1-8-6-15(5-4-11(8)13)9(2)12-7-16-10(3)14-12/h7-9,11H,4-6,13H2,1-3H3. The molecule has 0 aromatic carbocycles. The Labute approximate surface area is 102 Å². The van der Waals surface area contributed by atoms with Gasteiger partial charge >= 0.3 is 0 Å². The van der Waals surface area contributed by atoms with E-state index in [9.17, 15) is 0 Å². The predicted molar refractivity (Wildman–Crippen MR) is 68.6 cm³/mol. The summed E-state index contributed by atoms with van der Waals surface area (Å²) >= 11 is 1.74. The minimum atomic E-state index is 0.376. The Kier molecular flexibility index (Phi) is 3.62. The van der Waals surface area contributed by atoms with Crippen LogP contribution in [-0.2, 0) is 0 Å². The third-order valence-corrected chi connectivity index (χ3v) is 4.41. The van der Waals surface area contributed by atoms with Crippen LogP contribution in [0.1, 0.15) is 37.0 Å². The van der Waals surface area contributed by atoms with E-state index < -0.39 is 0 Å². The summed E-state index contributed by atoms with van der Waals surface area (Å²) in [7, 11) is 0. The monoisotopic (exact) mass is 239 g/mol. The largest absolute Gasteiger partial charge is 0.327 e. The molecule has 0 amide bonds. The molecule has 0 saturated carbocycles. The number of hydrogen-bond acceptors (Lipinski definition) is 4. The molecule has 2 N–H and O–H groups in total. The molecule has 3 unspecified atom stereocenters. The van der Waals surface area contributed by atoms with Gasteiger partial charge in [0.2, 0.25) is 0 Å². The van der Waals surface area contributed by atoms with E-state index in [2.05, 4.69) is 36.0 Å². The highest BCUT2D eigenvalue weighted by Crippen LogP contribution is 2.26. The molecule has 2 heterocycles. The molecule has 1 aromatic heterocycles. The van der Waals surface area contributed by atoms with Crippen LogP contribution in [-0.4, -0.2) is 29.0 Å². The van der Waals surface area contributed by atoms with Gasteiger partial charge in [-0.1, -0.05) is 6.92 Å². The summed E-state index contributed by atoms with van der Waals surface area (Å²) in [5.74, 6) is 0.593. The first kappa shape index (κ1) is 12.0. The maximum atomic E-state index is 6.04. The number of aryl methyl sites for hydroxylation is 1. The second kappa shape index (κ2) is 4.82.